The summed E-state index contributed by atoms with van der Waals surface area (Å²) in [6, 6.07) is 9.37. The number of rotatable bonds is 4. The summed E-state index contributed by atoms with van der Waals surface area (Å²) in [6.07, 6.45) is 1.48. The summed E-state index contributed by atoms with van der Waals surface area (Å²) < 4.78 is 0. The lowest BCUT2D eigenvalue weighted by Gasteiger charge is -2.12. The van der Waals surface area contributed by atoms with Crippen LogP contribution in [0.4, 0.5) is 0 Å². The molecule has 1 aromatic heterocycles. The lowest BCUT2D eigenvalue weighted by Crippen LogP contribution is -2.32. The maximum Gasteiger partial charge on any atom is 0.364 e. The van der Waals surface area contributed by atoms with Crippen LogP contribution in [0.1, 0.15) is 38.0 Å². The zero-order chi connectivity index (χ0) is 16.4. The molecular weight excluding hydrogens is 316 g/mol. The maximum absolute atomic E-state index is 12.2. The van der Waals surface area contributed by atoms with Gasteiger partial charge in [-0.3, -0.25) is 9.59 Å². The first kappa shape index (κ1) is 15.2. The van der Waals surface area contributed by atoms with Gasteiger partial charge in [0, 0.05) is 6.20 Å². The molecule has 0 saturated carbocycles. The molecule has 3 rings (SSSR count). The van der Waals surface area contributed by atoms with Crippen molar-refractivity contribution < 1.29 is 19.2 Å². The van der Waals surface area contributed by atoms with Crippen LogP contribution in [0.5, 0.6) is 0 Å². The van der Waals surface area contributed by atoms with Crippen LogP contribution < -0.4 is 0 Å². The fourth-order valence-electron chi connectivity index (χ4n) is 2.15. The number of benzene rings is 1. The number of hydrogen-bond donors (Lipinski definition) is 0. The summed E-state index contributed by atoms with van der Waals surface area (Å²) in [4.78, 5) is 45.6. The molecule has 1 aliphatic heterocycles. The molecule has 2 heterocycles. The first-order valence-electron chi connectivity index (χ1n) is 6.90. The van der Waals surface area contributed by atoms with Crippen LogP contribution in [0.25, 0.3) is 0 Å². The predicted octanol–water partition coefficient (Wildman–Crippen LogP) is 2.56. The normalized spacial score (nSPS) is 13.2. The van der Waals surface area contributed by atoms with Gasteiger partial charge < -0.3 is 4.84 Å². The molecule has 6 nitrogen and oxygen atoms in total. The van der Waals surface area contributed by atoms with Gasteiger partial charge in [0.2, 0.25) is 0 Å². The van der Waals surface area contributed by atoms with E-state index >= 15 is 0 Å². The lowest BCUT2D eigenvalue weighted by molar-refractivity contribution is -0.0584. The number of imide groups is 1. The maximum atomic E-state index is 12.2. The number of thioether (sulfide) groups is 1. The number of aromatic nitrogens is 1. The molecule has 0 radical (unpaired) electrons. The molecule has 0 saturated heterocycles. The largest absolute Gasteiger partial charge is 0.364 e. The number of fused-ring (bicyclic) bond motifs is 1. The third-order valence-corrected chi connectivity index (χ3v) is 4.00. The second-order valence-electron chi connectivity index (χ2n) is 4.64. The van der Waals surface area contributed by atoms with Gasteiger partial charge >= 0.3 is 5.97 Å². The molecule has 2 aromatic rings. The van der Waals surface area contributed by atoms with Crippen LogP contribution in [0.15, 0.2) is 47.6 Å². The van der Waals surface area contributed by atoms with Gasteiger partial charge in [0.15, 0.2) is 0 Å². The minimum Gasteiger partial charge on any atom is -0.324 e. The lowest BCUT2D eigenvalue weighted by atomic mass is 10.1. The summed E-state index contributed by atoms with van der Waals surface area (Å²) in [5.74, 6) is -1.25. The van der Waals surface area contributed by atoms with Gasteiger partial charge in [-0.05, 0) is 30.0 Å². The highest BCUT2D eigenvalue weighted by molar-refractivity contribution is 7.99. The summed E-state index contributed by atoms with van der Waals surface area (Å²) in [6.45, 7) is 1.97. The summed E-state index contributed by atoms with van der Waals surface area (Å²) in [5.41, 5.74) is 0.678. The fraction of sp³-hybridized carbons (Fsp3) is 0.125. The smallest absolute Gasteiger partial charge is 0.324 e. The average molecular weight is 328 g/mol. The van der Waals surface area contributed by atoms with Crippen LogP contribution >= 0.6 is 11.8 Å². The molecule has 0 N–H and O–H groups in total. The molecule has 0 spiro atoms. The number of hydrogen-bond acceptors (Lipinski definition) is 6. The Morgan fingerprint density at radius 1 is 1.17 bits per heavy atom. The Balaban J connectivity index is 1.80. The Morgan fingerprint density at radius 3 is 2.43 bits per heavy atom. The van der Waals surface area contributed by atoms with Crippen molar-refractivity contribution in [2.45, 2.75) is 11.9 Å². The van der Waals surface area contributed by atoms with E-state index in [-0.39, 0.29) is 16.7 Å². The van der Waals surface area contributed by atoms with Crippen LogP contribution in [0.2, 0.25) is 0 Å². The van der Waals surface area contributed by atoms with Gasteiger partial charge in [-0.2, -0.15) is 0 Å². The van der Waals surface area contributed by atoms with Crippen molar-refractivity contribution in [3.8, 4) is 0 Å². The Labute approximate surface area is 136 Å². The number of pyridine rings is 1. The van der Waals surface area contributed by atoms with E-state index in [4.69, 9.17) is 4.84 Å². The highest BCUT2D eigenvalue weighted by Crippen LogP contribution is 2.23. The SMILES string of the molecule is CCSc1cc(C(=O)ON2C(=O)c3ccccc3C2=O)ccn1. The zero-order valence-corrected chi connectivity index (χ0v) is 13.0. The second kappa shape index (κ2) is 6.21. The standard InChI is InChI=1S/C16H12N2O4S/c1-2-23-13-9-10(7-8-17-13)16(21)22-18-14(19)11-5-3-4-6-12(11)15(18)20/h3-9H,2H2,1H3. The van der Waals surface area contributed by atoms with Crippen LogP contribution in [0.3, 0.4) is 0 Å². The van der Waals surface area contributed by atoms with Crippen LogP contribution in [0, 0.1) is 0 Å². The fourth-order valence-corrected chi connectivity index (χ4v) is 2.79. The van der Waals surface area contributed by atoms with Crippen molar-refractivity contribution in [3.05, 3.63) is 59.3 Å². The van der Waals surface area contributed by atoms with Crippen molar-refractivity contribution in [1.29, 1.82) is 0 Å². The molecule has 1 aliphatic rings. The molecule has 23 heavy (non-hydrogen) atoms. The Morgan fingerprint density at radius 2 is 1.83 bits per heavy atom. The van der Waals surface area contributed by atoms with E-state index in [0.717, 1.165) is 5.75 Å². The molecule has 0 atom stereocenters. The Bertz CT molecular complexity index is 771. The molecule has 1 aromatic carbocycles. The minimum absolute atomic E-state index is 0.224. The van der Waals surface area contributed by atoms with E-state index in [1.807, 2.05) is 6.92 Å². The van der Waals surface area contributed by atoms with Gasteiger partial charge in [0.1, 0.15) is 0 Å². The first-order chi connectivity index (χ1) is 11.1. The van der Waals surface area contributed by atoms with Crippen molar-refractivity contribution in [1.82, 2.24) is 10.0 Å². The highest BCUT2D eigenvalue weighted by atomic mass is 32.2. The Kier molecular flexibility index (Phi) is 4.12. The number of hydroxylamine groups is 2. The van der Waals surface area contributed by atoms with Crippen molar-refractivity contribution in [3.63, 3.8) is 0 Å². The van der Waals surface area contributed by atoms with Gasteiger partial charge in [-0.1, -0.05) is 24.1 Å². The Hall–Kier alpha value is -2.67. The van der Waals surface area contributed by atoms with Gasteiger partial charge in [0.25, 0.3) is 11.8 Å². The molecule has 0 aliphatic carbocycles. The van der Waals surface area contributed by atoms with E-state index in [0.29, 0.717) is 10.1 Å². The minimum atomic E-state index is -0.778. The number of amides is 2. The zero-order valence-electron chi connectivity index (χ0n) is 12.2. The van der Waals surface area contributed by atoms with E-state index in [9.17, 15) is 14.4 Å². The van der Waals surface area contributed by atoms with Gasteiger partial charge in [-0.15, -0.1) is 11.8 Å². The molecular formula is C16H12N2O4S. The molecule has 116 valence electrons. The third kappa shape index (κ3) is 2.83. The van der Waals surface area contributed by atoms with Crippen molar-refractivity contribution in [2.75, 3.05) is 5.75 Å². The van der Waals surface area contributed by atoms with E-state index < -0.39 is 17.8 Å². The van der Waals surface area contributed by atoms with Crippen LogP contribution in [-0.2, 0) is 4.84 Å². The summed E-state index contributed by atoms with van der Waals surface area (Å²) in [5, 5.41) is 1.17. The van der Waals surface area contributed by atoms with Crippen molar-refractivity contribution >= 4 is 29.5 Å². The van der Waals surface area contributed by atoms with E-state index in [1.54, 1.807) is 18.2 Å². The summed E-state index contributed by atoms with van der Waals surface area (Å²) in [7, 11) is 0. The quantitative estimate of drug-likeness (QED) is 0.634. The third-order valence-electron chi connectivity index (χ3n) is 3.19. The molecule has 0 unspecified atom stereocenters. The first-order valence-corrected chi connectivity index (χ1v) is 7.89. The average Bonchev–Trinajstić information content (AvgIpc) is 2.81. The topological polar surface area (TPSA) is 76.6 Å². The molecule has 2 amide bonds. The van der Waals surface area contributed by atoms with Gasteiger partial charge in [-0.25, -0.2) is 9.78 Å². The number of carbonyl (C=O) groups excluding carboxylic acids is 3. The van der Waals surface area contributed by atoms with Crippen molar-refractivity contribution in [2.24, 2.45) is 0 Å². The highest BCUT2D eigenvalue weighted by Gasteiger charge is 2.38. The van der Waals surface area contributed by atoms with E-state index in [1.165, 1.54) is 36.2 Å². The number of nitrogens with zero attached hydrogens (tertiary/aromatic N) is 2. The monoisotopic (exact) mass is 328 g/mol. The predicted molar refractivity (Wildman–Crippen MR) is 83.0 cm³/mol. The van der Waals surface area contributed by atoms with Gasteiger partial charge in [0.05, 0.1) is 21.7 Å². The summed E-state index contributed by atoms with van der Waals surface area (Å²) >= 11 is 1.47. The molecule has 7 heteroatoms. The number of carbonyl (C=O) groups is 3. The second-order valence-corrected chi connectivity index (χ2v) is 5.93. The van der Waals surface area contributed by atoms with E-state index in [2.05, 4.69) is 4.98 Å². The molecule has 0 fully saturated rings. The van der Waals surface area contributed by atoms with Crippen LogP contribution in [-0.4, -0.2) is 33.6 Å². The molecule has 0 bridgehead atoms.